The number of aromatic nitrogens is 1. The van der Waals surface area contributed by atoms with Crippen LogP contribution in [-0.2, 0) is 14.4 Å². The number of nitrogens with zero attached hydrogens (tertiary/aromatic N) is 3. The van der Waals surface area contributed by atoms with Crippen LogP contribution in [0.5, 0.6) is 0 Å². The summed E-state index contributed by atoms with van der Waals surface area (Å²) in [6.45, 7) is 5.84. The van der Waals surface area contributed by atoms with E-state index in [0.717, 1.165) is 5.39 Å². The smallest absolute Gasteiger partial charge is 0.362 e. The Bertz CT molecular complexity index is 1460. The molecule has 2 fully saturated rings. The number of rotatable bonds is 4. The average Bonchev–Trinajstić information content (AvgIpc) is 3.24. The summed E-state index contributed by atoms with van der Waals surface area (Å²) < 4.78 is 59.7. The Kier molecular flexibility index (Phi) is 8.87. The first-order valence-electron chi connectivity index (χ1n) is 12.9. The number of pyridine rings is 1. The van der Waals surface area contributed by atoms with Gasteiger partial charge in [-0.05, 0) is 17.9 Å². The maximum atomic E-state index is 13.8. The Morgan fingerprint density at radius 2 is 1.83 bits per heavy atom. The molecule has 1 spiro atoms. The molecule has 2 unspecified atom stereocenters. The van der Waals surface area contributed by atoms with Crippen LogP contribution in [0.2, 0.25) is 0 Å². The van der Waals surface area contributed by atoms with Crippen LogP contribution in [0.4, 0.5) is 22.0 Å². The number of hydrogen-bond donors (Lipinski definition) is 2. The predicted molar refractivity (Wildman–Crippen MR) is 142 cm³/mol. The highest BCUT2D eigenvalue weighted by atomic mass is 19.4. The van der Waals surface area contributed by atoms with Crippen molar-refractivity contribution in [1.82, 2.24) is 15.2 Å². The zero-order valence-corrected chi connectivity index (χ0v) is 23.2. The number of carbonyl (C=O) groups excluding carboxylic acids is 3. The molecule has 42 heavy (non-hydrogen) atoms. The molecule has 1 saturated heterocycles. The number of halogens is 5. The first-order chi connectivity index (χ1) is 19.3. The number of nitriles is 1. The minimum absolute atomic E-state index is 0.115. The molecular formula is C29H30F5N5O3. The molecule has 3 amide bonds. The lowest BCUT2D eigenvalue weighted by Crippen LogP contribution is -2.48. The minimum Gasteiger partial charge on any atom is -0.362 e. The van der Waals surface area contributed by atoms with Gasteiger partial charge in [0, 0.05) is 65.5 Å². The predicted octanol–water partition coefficient (Wildman–Crippen LogP) is 4.38. The highest BCUT2D eigenvalue weighted by molar-refractivity contribution is 5.93. The normalized spacial score (nSPS) is 19.5. The molecule has 1 aromatic heterocycles. The molecule has 3 N–H and O–H groups in total. The quantitative estimate of drug-likeness (QED) is 0.403. The molecule has 1 aliphatic heterocycles. The molecule has 0 bridgehead atoms. The summed E-state index contributed by atoms with van der Waals surface area (Å²) in [4.78, 5) is 41.3. The molecule has 1 aromatic carbocycles. The van der Waals surface area contributed by atoms with E-state index in [4.69, 9.17) is 11.2 Å². The van der Waals surface area contributed by atoms with Gasteiger partial charge in [-0.2, -0.15) is 18.4 Å². The maximum Gasteiger partial charge on any atom is 0.470 e. The Morgan fingerprint density at radius 1 is 1.21 bits per heavy atom. The summed E-state index contributed by atoms with van der Waals surface area (Å²) >= 11 is 0. The Morgan fingerprint density at radius 3 is 2.33 bits per heavy atom. The number of terminal acetylenes is 1. The van der Waals surface area contributed by atoms with Crippen molar-refractivity contribution in [2.24, 2.45) is 16.6 Å². The molecule has 2 aromatic rings. The van der Waals surface area contributed by atoms with E-state index in [9.17, 15) is 36.8 Å². The third kappa shape index (κ3) is 7.32. The highest BCUT2D eigenvalue weighted by Crippen LogP contribution is 2.58. The van der Waals surface area contributed by atoms with Crippen LogP contribution >= 0.6 is 0 Å². The monoisotopic (exact) mass is 591 g/mol. The van der Waals surface area contributed by atoms with Crippen molar-refractivity contribution in [1.29, 1.82) is 5.26 Å². The van der Waals surface area contributed by atoms with Crippen LogP contribution in [0, 0.1) is 34.5 Å². The molecule has 2 heterocycles. The number of amides is 3. The van der Waals surface area contributed by atoms with Crippen LogP contribution in [-0.4, -0.2) is 52.3 Å². The van der Waals surface area contributed by atoms with Gasteiger partial charge in [0.2, 0.25) is 17.7 Å². The van der Waals surface area contributed by atoms with Crippen molar-refractivity contribution in [3.05, 3.63) is 41.7 Å². The topological polar surface area (TPSA) is 129 Å². The van der Waals surface area contributed by atoms with Crippen molar-refractivity contribution in [2.45, 2.75) is 70.6 Å². The van der Waals surface area contributed by atoms with E-state index in [1.807, 2.05) is 26.8 Å². The molecule has 1 saturated carbocycles. The van der Waals surface area contributed by atoms with Gasteiger partial charge in [-0.25, -0.2) is 8.78 Å². The van der Waals surface area contributed by atoms with Crippen molar-refractivity contribution in [3.63, 3.8) is 0 Å². The van der Waals surface area contributed by atoms with Crippen molar-refractivity contribution < 1.29 is 36.3 Å². The number of alkyl halides is 5. The van der Waals surface area contributed by atoms with E-state index in [1.54, 1.807) is 18.3 Å². The second-order valence-electron chi connectivity index (χ2n) is 11.9. The fourth-order valence-electron chi connectivity index (χ4n) is 5.43. The summed E-state index contributed by atoms with van der Waals surface area (Å²) in [6, 6.07) is 5.44. The Hall–Kier alpha value is -4.26. The molecule has 4 rings (SSSR count). The van der Waals surface area contributed by atoms with Gasteiger partial charge in [0.05, 0.1) is 6.07 Å². The first kappa shape index (κ1) is 32.3. The summed E-state index contributed by atoms with van der Waals surface area (Å²) in [5.41, 5.74) is 3.71. The number of benzene rings is 1. The average molecular weight is 592 g/mol. The molecule has 13 heteroatoms. The summed E-state index contributed by atoms with van der Waals surface area (Å²) in [6.07, 6.45) is 3.55. The lowest BCUT2D eigenvalue weighted by atomic mass is 9.65. The number of nitrogens with two attached hydrogens (primary N) is 1. The largest absolute Gasteiger partial charge is 0.470 e. The van der Waals surface area contributed by atoms with Gasteiger partial charge in [0.15, 0.2) is 0 Å². The van der Waals surface area contributed by atoms with E-state index < -0.39 is 41.4 Å². The van der Waals surface area contributed by atoms with Gasteiger partial charge >= 0.3 is 12.1 Å². The van der Waals surface area contributed by atoms with Gasteiger partial charge in [-0.15, -0.1) is 6.42 Å². The number of nitrogens with one attached hydrogen (secondary N) is 1. The van der Waals surface area contributed by atoms with E-state index in [2.05, 4.69) is 28.0 Å². The van der Waals surface area contributed by atoms with Gasteiger partial charge in [0.1, 0.15) is 12.1 Å². The lowest BCUT2D eigenvalue weighted by molar-refractivity contribution is -0.169. The number of likely N-dealkylation sites (tertiary alicyclic amines) is 1. The zero-order chi connectivity index (χ0) is 31.7. The van der Waals surface area contributed by atoms with Crippen LogP contribution in [0.1, 0.15) is 63.6 Å². The van der Waals surface area contributed by atoms with Gasteiger partial charge in [-0.3, -0.25) is 19.4 Å². The van der Waals surface area contributed by atoms with Crippen LogP contribution in [0.15, 0.2) is 30.6 Å². The fourth-order valence-corrected chi connectivity index (χ4v) is 5.43. The highest BCUT2D eigenvalue weighted by Gasteiger charge is 2.62. The summed E-state index contributed by atoms with van der Waals surface area (Å²) in [5.74, 6) is -3.22. The van der Waals surface area contributed by atoms with Crippen LogP contribution < -0.4 is 11.1 Å². The lowest BCUT2D eigenvalue weighted by Gasteiger charge is -2.44. The van der Waals surface area contributed by atoms with Crippen LogP contribution in [0.3, 0.4) is 0 Å². The number of fused-ring (bicyclic) bond motifs is 1. The second kappa shape index (κ2) is 11.6. The van der Waals surface area contributed by atoms with Gasteiger partial charge < -0.3 is 16.0 Å². The molecular weight excluding hydrogens is 561 g/mol. The molecule has 2 aliphatic rings. The zero-order valence-electron chi connectivity index (χ0n) is 23.2. The van der Waals surface area contributed by atoms with Gasteiger partial charge in [-0.1, -0.05) is 38.8 Å². The second-order valence-corrected chi connectivity index (χ2v) is 11.9. The van der Waals surface area contributed by atoms with E-state index in [1.165, 1.54) is 11.1 Å². The fraction of sp³-hybridized carbons (Fsp3) is 0.483. The van der Waals surface area contributed by atoms with Crippen molar-refractivity contribution in [2.75, 3.05) is 6.54 Å². The molecule has 2 atom stereocenters. The Labute approximate surface area is 239 Å². The molecule has 0 radical (unpaired) electrons. The number of hydrogen-bond acceptors (Lipinski definition) is 5. The van der Waals surface area contributed by atoms with Crippen LogP contribution in [0.25, 0.3) is 10.8 Å². The third-order valence-corrected chi connectivity index (χ3v) is 7.05. The van der Waals surface area contributed by atoms with E-state index in [0.29, 0.717) is 16.5 Å². The van der Waals surface area contributed by atoms with Gasteiger partial charge in [0.25, 0.3) is 0 Å². The number of carbonyl (C=O) groups is 3. The summed E-state index contributed by atoms with van der Waals surface area (Å²) in [7, 11) is 0. The Balaban J connectivity index is 0.000000616. The maximum absolute atomic E-state index is 13.8. The van der Waals surface area contributed by atoms with Crippen molar-refractivity contribution in [3.8, 4) is 18.4 Å². The van der Waals surface area contributed by atoms with E-state index >= 15 is 0 Å². The van der Waals surface area contributed by atoms with E-state index in [-0.39, 0.29) is 43.6 Å². The standard InChI is InChI=1S/C27H28F2N4O2.C2H2F3NO/c1-5-17-7-6-8-18-12-31-13-19(23(17)18)20(11-30)32-24(35)21-9-26(14-27(28,29)15-26)16-33(21)22(34)10-25(2,3)4;3-2(4,5)1(6)7/h1,6-8,12-13,20-21H,9-10,14-16H2,2-4H3,(H,32,35);(H2,6,7). The molecule has 224 valence electrons. The first-order valence-corrected chi connectivity index (χ1v) is 12.9. The third-order valence-electron chi connectivity index (χ3n) is 7.05. The number of primary amides is 1. The SMILES string of the molecule is C#Cc1cccc2cncc(C(C#N)NC(=O)C3CC4(CN3C(=O)CC(C)(C)C)CC(F)(F)C4)c12.NC(=O)C(F)(F)F. The minimum atomic E-state index is -4.86. The molecule has 1 aliphatic carbocycles. The molecule has 8 nitrogen and oxygen atoms in total. The van der Waals surface area contributed by atoms with Crippen molar-refractivity contribution >= 4 is 28.5 Å². The summed E-state index contributed by atoms with van der Waals surface area (Å²) in [5, 5.41) is 14.0.